The van der Waals surface area contributed by atoms with Crippen molar-refractivity contribution in [3.05, 3.63) is 115 Å². The minimum absolute atomic E-state index is 0.0196. The summed E-state index contributed by atoms with van der Waals surface area (Å²) in [6.07, 6.45) is 3.85. The van der Waals surface area contributed by atoms with E-state index in [0.29, 0.717) is 12.4 Å². The second kappa shape index (κ2) is 9.33. The molecule has 0 radical (unpaired) electrons. The predicted molar refractivity (Wildman–Crippen MR) is 107 cm³/mol. The Morgan fingerprint density at radius 2 is 1.60 bits per heavy atom. The normalized spacial score (nSPS) is 11.7. The van der Waals surface area contributed by atoms with Gasteiger partial charge in [-0.15, -0.1) is 0 Å². The van der Waals surface area contributed by atoms with Crippen LogP contribution in [0.15, 0.2) is 104 Å². The zero-order chi connectivity index (χ0) is 18.1. The maximum Gasteiger partial charge on any atom is 0.127 e. The van der Waals surface area contributed by atoms with Crippen molar-refractivity contribution in [1.29, 1.82) is 0 Å². The molecule has 0 aliphatic heterocycles. The van der Waals surface area contributed by atoms with E-state index in [9.17, 15) is 0 Å². The van der Waals surface area contributed by atoms with Crippen LogP contribution in [0.25, 0.3) is 6.08 Å². The summed E-state index contributed by atoms with van der Waals surface area (Å²) >= 11 is 0. The van der Waals surface area contributed by atoms with Gasteiger partial charge in [0.25, 0.3) is 0 Å². The van der Waals surface area contributed by atoms with Crippen molar-refractivity contribution in [1.82, 2.24) is 5.32 Å². The van der Waals surface area contributed by atoms with Crippen LogP contribution in [0.5, 0.6) is 0 Å². The minimum Gasteiger partial charge on any atom is -0.491 e. The average molecular weight is 331 g/mol. The summed E-state index contributed by atoms with van der Waals surface area (Å²) in [7, 11) is 0. The van der Waals surface area contributed by atoms with E-state index in [1.165, 1.54) is 0 Å². The van der Waals surface area contributed by atoms with Crippen LogP contribution >= 0.6 is 0 Å². The fourth-order valence-electron chi connectivity index (χ4n) is 2.52. The quantitative estimate of drug-likeness (QED) is 0.473. The van der Waals surface area contributed by atoms with E-state index in [1.54, 1.807) is 0 Å². The molecule has 0 bridgehead atoms. The van der Waals surface area contributed by atoms with Crippen molar-refractivity contribution in [2.24, 2.45) is 0 Å². The standard InChI is InChI=1S/C23H25NO/c1-18(2)23(22-13-9-6-10-14-22)20(4)25-17-19(3)24-16-15-21-11-7-5-8-12-21/h5-16,23-24H,1,3-4,17H2,2H3/b16-15+. The van der Waals surface area contributed by atoms with E-state index in [4.69, 9.17) is 4.74 Å². The molecule has 0 saturated carbocycles. The SMILES string of the molecule is C=C(COC(=C)C(C(=C)C)c1ccccc1)N/C=C/c1ccccc1. The zero-order valence-corrected chi connectivity index (χ0v) is 14.7. The van der Waals surface area contributed by atoms with Crippen LogP contribution in [0.4, 0.5) is 0 Å². The molecule has 1 N–H and O–H groups in total. The van der Waals surface area contributed by atoms with Gasteiger partial charge in [-0.3, -0.25) is 0 Å². The van der Waals surface area contributed by atoms with E-state index in [0.717, 1.165) is 22.4 Å². The van der Waals surface area contributed by atoms with Crippen molar-refractivity contribution < 1.29 is 4.74 Å². The van der Waals surface area contributed by atoms with Crippen LogP contribution in [0, 0.1) is 0 Å². The third kappa shape index (κ3) is 5.85. The second-order valence-corrected chi connectivity index (χ2v) is 5.94. The van der Waals surface area contributed by atoms with Gasteiger partial charge >= 0.3 is 0 Å². The van der Waals surface area contributed by atoms with Gasteiger partial charge in [-0.2, -0.15) is 0 Å². The molecule has 25 heavy (non-hydrogen) atoms. The molecule has 1 atom stereocenters. The maximum atomic E-state index is 5.83. The number of rotatable bonds is 9. The zero-order valence-electron chi connectivity index (χ0n) is 14.7. The van der Waals surface area contributed by atoms with E-state index in [-0.39, 0.29) is 5.92 Å². The Morgan fingerprint density at radius 3 is 2.20 bits per heavy atom. The summed E-state index contributed by atoms with van der Waals surface area (Å²) in [5, 5.41) is 3.13. The van der Waals surface area contributed by atoms with Gasteiger partial charge in [0.1, 0.15) is 12.4 Å². The lowest BCUT2D eigenvalue weighted by Gasteiger charge is -2.21. The van der Waals surface area contributed by atoms with Crippen LogP contribution in [0.1, 0.15) is 24.0 Å². The number of hydrogen-bond acceptors (Lipinski definition) is 2. The molecule has 0 aliphatic rings. The Kier molecular flexibility index (Phi) is 6.85. The van der Waals surface area contributed by atoms with Gasteiger partial charge in [0, 0.05) is 11.9 Å². The average Bonchev–Trinajstić information content (AvgIpc) is 2.62. The minimum atomic E-state index is -0.0196. The second-order valence-electron chi connectivity index (χ2n) is 5.94. The highest BCUT2D eigenvalue weighted by molar-refractivity contribution is 5.48. The third-order valence-electron chi connectivity index (χ3n) is 3.74. The Morgan fingerprint density at radius 1 is 1.00 bits per heavy atom. The van der Waals surface area contributed by atoms with Crippen LogP contribution in [0.2, 0.25) is 0 Å². The van der Waals surface area contributed by atoms with Crippen LogP contribution < -0.4 is 5.32 Å². The van der Waals surface area contributed by atoms with Crippen molar-refractivity contribution in [2.75, 3.05) is 6.61 Å². The molecule has 2 aromatic carbocycles. The first-order valence-electron chi connectivity index (χ1n) is 8.26. The first-order valence-corrected chi connectivity index (χ1v) is 8.26. The Hall–Kier alpha value is -3.00. The topological polar surface area (TPSA) is 21.3 Å². The maximum absolute atomic E-state index is 5.83. The summed E-state index contributed by atoms with van der Waals surface area (Å²) in [6, 6.07) is 20.2. The van der Waals surface area contributed by atoms with Crippen molar-refractivity contribution >= 4 is 6.08 Å². The highest BCUT2D eigenvalue weighted by Gasteiger charge is 2.17. The first kappa shape index (κ1) is 18.3. The summed E-state index contributed by atoms with van der Waals surface area (Å²) in [4.78, 5) is 0. The lowest BCUT2D eigenvalue weighted by molar-refractivity contribution is 0.222. The van der Waals surface area contributed by atoms with Crippen molar-refractivity contribution in [3.63, 3.8) is 0 Å². The Labute approximate surface area is 150 Å². The fourth-order valence-corrected chi connectivity index (χ4v) is 2.52. The molecule has 0 aliphatic carbocycles. The molecule has 2 aromatic rings. The molecule has 128 valence electrons. The molecule has 2 nitrogen and oxygen atoms in total. The predicted octanol–water partition coefficient (Wildman–Crippen LogP) is 5.65. The molecule has 2 heteroatoms. The van der Waals surface area contributed by atoms with E-state index >= 15 is 0 Å². The Balaban J connectivity index is 1.86. The molecule has 0 spiro atoms. The third-order valence-corrected chi connectivity index (χ3v) is 3.74. The Bertz CT molecular complexity index is 744. The largest absolute Gasteiger partial charge is 0.491 e. The monoisotopic (exact) mass is 331 g/mol. The molecule has 0 fully saturated rings. The number of allylic oxidation sites excluding steroid dienone is 1. The summed E-state index contributed by atoms with van der Waals surface area (Å²) < 4.78 is 5.83. The summed E-state index contributed by atoms with van der Waals surface area (Å²) in [5.41, 5.74) is 4.02. The van der Waals surface area contributed by atoms with Gasteiger partial charge in [0.15, 0.2) is 0 Å². The number of benzene rings is 2. The molecule has 0 amide bonds. The highest BCUT2D eigenvalue weighted by Crippen LogP contribution is 2.30. The lowest BCUT2D eigenvalue weighted by atomic mass is 9.91. The molecule has 0 saturated heterocycles. The molecule has 0 aromatic heterocycles. The van der Waals surface area contributed by atoms with Gasteiger partial charge in [-0.1, -0.05) is 86.0 Å². The van der Waals surface area contributed by atoms with Gasteiger partial charge in [0.05, 0.1) is 5.92 Å². The van der Waals surface area contributed by atoms with Crippen LogP contribution in [-0.4, -0.2) is 6.61 Å². The van der Waals surface area contributed by atoms with Gasteiger partial charge in [-0.05, 0) is 24.1 Å². The summed E-state index contributed by atoms with van der Waals surface area (Å²) in [5.74, 6) is 0.655. The van der Waals surface area contributed by atoms with Gasteiger partial charge < -0.3 is 10.1 Å². The van der Waals surface area contributed by atoms with Crippen molar-refractivity contribution in [3.8, 4) is 0 Å². The number of nitrogens with one attached hydrogen (secondary N) is 1. The molecular formula is C23H25NO. The first-order chi connectivity index (χ1) is 12.1. The molecule has 2 rings (SSSR count). The molecule has 0 heterocycles. The van der Waals surface area contributed by atoms with E-state index < -0.39 is 0 Å². The smallest absolute Gasteiger partial charge is 0.127 e. The van der Waals surface area contributed by atoms with Gasteiger partial charge in [0.2, 0.25) is 0 Å². The van der Waals surface area contributed by atoms with Crippen LogP contribution in [0.3, 0.4) is 0 Å². The van der Waals surface area contributed by atoms with E-state index in [1.807, 2.05) is 67.7 Å². The highest BCUT2D eigenvalue weighted by atomic mass is 16.5. The molecule has 1 unspecified atom stereocenters. The number of hydrogen-bond donors (Lipinski definition) is 1. The molecular weight excluding hydrogens is 306 g/mol. The lowest BCUT2D eigenvalue weighted by Crippen LogP contribution is -2.13. The fraction of sp³-hybridized carbons (Fsp3) is 0.130. The summed E-state index contributed by atoms with van der Waals surface area (Å²) in [6.45, 7) is 14.5. The van der Waals surface area contributed by atoms with Gasteiger partial charge in [-0.25, -0.2) is 0 Å². The van der Waals surface area contributed by atoms with Crippen molar-refractivity contribution in [2.45, 2.75) is 12.8 Å². The number of ether oxygens (including phenoxy) is 1. The van der Waals surface area contributed by atoms with Crippen LogP contribution in [-0.2, 0) is 4.74 Å². The van der Waals surface area contributed by atoms with E-state index in [2.05, 4.69) is 37.2 Å².